The number of aliphatic hydroxyl groups excluding tert-OH is 2. The van der Waals surface area contributed by atoms with Gasteiger partial charge in [-0.2, -0.15) is 0 Å². The fourth-order valence-corrected chi connectivity index (χ4v) is 4.17. The third kappa shape index (κ3) is 11.5. The van der Waals surface area contributed by atoms with Gasteiger partial charge in [-0.15, -0.1) is 0 Å². The lowest BCUT2D eigenvalue weighted by Gasteiger charge is -2.29. The van der Waals surface area contributed by atoms with Crippen LogP contribution in [-0.4, -0.2) is 128 Å². The molecule has 1 saturated heterocycles. The molecule has 7 atom stereocenters. The largest absolute Gasteiger partial charge is 0.481 e. The summed E-state index contributed by atoms with van der Waals surface area (Å²) in [5.41, 5.74) is 0. The van der Waals surface area contributed by atoms with Crippen LogP contribution in [0.5, 0.6) is 0 Å². The van der Waals surface area contributed by atoms with Crippen molar-refractivity contribution >= 4 is 47.4 Å². The number of likely N-dealkylation sites (tertiary alicyclic amines) is 1. The van der Waals surface area contributed by atoms with Crippen LogP contribution in [0.1, 0.15) is 53.4 Å². The average Bonchev–Trinajstić information content (AvgIpc) is 3.41. The highest BCUT2D eigenvalue weighted by atomic mass is 16.4. The van der Waals surface area contributed by atoms with Gasteiger partial charge in [0.25, 0.3) is 0 Å². The summed E-state index contributed by atoms with van der Waals surface area (Å²) >= 11 is 0. The fraction of sp³-hybridized carbons (Fsp3) is 0.680. The summed E-state index contributed by atoms with van der Waals surface area (Å²) in [7, 11) is 0. The summed E-state index contributed by atoms with van der Waals surface area (Å²) in [6.45, 7) is 4.22. The predicted molar refractivity (Wildman–Crippen MR) is 145 cm³/mol. The van der Waals surface area contributed by atoms with Crippen molar-refractivity contribution in [2.24, 2.45) is 0 Å². The molecule has 0 bridgehead atoms. The Labute approximate surface area is 246 Å². The number of rotatable bonds is 16. The molecule has 1 rings (SSSR count). The monoisotopic (exact) mass is 616 g/mol. The van der Waals surface area contributed by atoms with Crippen molar-refractivity contribution < 1.29 is 58.8 Å². The molecule has 1 fully saturated rings. The molecule has 0 saturated carbocycles. The number of carbonyl (C=O) groups is 8. The van der Waals surface area contributed by atoms with Crippen molar-refractivity contribution in [1.82, 2.24) is 31.5 Å². The number of hydrogen-bond donors (Lipinski definition) is 9. The van der Waals surface area contributed by atoms with E-state index in [0.717, 1.165) is 20.8 Å². The van der Waals surface area contributed by atoms with Gasteiger partial charge in [0.05, 0.1) is 12.7 Å². The molecule has 0 aromatic rings. The van der Waals surface area contributed by atoms with Crippen molar-refractivity contribution in [3.8, 4) is 0 Å². The average molecular weight is 617 g/mol. The summed E-state index contributed by atoms with van der Waals surface area (Å²) in [6.07, 6.45) is -1.85. The van der Waals surface area contributed by atoms with Crippen LogP contribution in [-0.2, 0) is 38.4 Å². The lowest BCUT2D eigenvalue weighted by molar-refractivity contribution is -0.143. The van der Waals surface area contributed by atoms with E-state index < -0.39 is 109 Å². The van der Waals surface area contributed by atoms with Crippen LogP contribution >= 0.6 is 0 Å². The van der Waals surface area contributed by atoms with Gasteiger partial charge in [-0.25, -0.2) is 0 Å². The highest BCUT2D eigenvalue weighted by Gasteiger charge is 2.38. The minimum absolute atomic E-state index is 0.166. The SMILES string of the molecule is CC(=O)N[C@@H](CO)C(=O)N1CCC[C@H]1C(=O)N[C@@H](C)C(=O)N[C@H](C(=O)N[C@@H](CCC(=O)O)C(=O)N[C@@H](C)C(=O)O)[C@@H](C)O. The molecule has 242 valence electrons. The molecule has 0 aromatic carbocycles. The summed E-state index contributed by atoms with van der Waals surface area (Å²) in [5, 5.41) is 48.9. The first-order valence-corrected chi connectivity index (χ1v) is 13.5. The Balaban J connectivity index is 2.93. The van der Waals surface area contributed by atoms with Gasteiger partial charge in [-0.1, -0.05) is 0 Å². The lowest BCUT2D eigenvalue weighted by Crippen LogP contribution is -2.60. The normalized spacial score (nSPS) is 18.6. The standard InChI is InChI=1S/C25H40N6O12/c1-11(26-22(39)17-6-5-9-31(17)24(41)16(10-32)28-14(4)34)20(37)30-19(13(3)33)23(40)29-15(7-8-18(35)36)21(38)27-12(2)25(42)43/h11-13,15-17,19,32-33H,5-10H2,1-4H3,(H,26,39)(H,27,38)(H,28,34)(H,29,40)(H,30,37)(H,35,36)(H,42,43)/t11-,12-,13+,15-,16-,17-,19-/m0/s1. The molecule has 0 aliphatic carbocycles. The van der Waals surface area contributed by atoms with Crippen molar-refractivity contribution in [2.75, 3.05) is 13.2 Å². The number of carboxylic acids is 2. The first-order chi connectivity index (χ1) is 20.0. The molecular weight excluding hydrogens is 576 g/mol. The summed E-state index contributed by atoms with van der Waals surface area (Å²) in [6, 6.07) is -8.11. The second-order valence-electron chi connectivity index (χ2n) is 10.1. The number of carbonyl (C=O) groups excluding carboxylic acids is 6. The number of nitrogens with one attached hydrogen (secondary N) is 5. The predicted octanol–water partition coefficient (Wildman–Crippen LogP) is -4.22. The molecule has 1 heterocycles. The molecular formula is C25H40N6O12. The second-order valence-corrected chi connectivity index (χ2v) is 10.1. The van der Waals surface area contributed by atoms with Gasteiger partial charge >= 0.3 is 11.9 Å². The van der Waals surface area contributed by atoms with Gasteiger partial charge in [0.2, 0.25) is 35.4 Å². The quantitative estimate of drug-likeness (QED) is 0.0798. The van der Waals surface area contributed by atoms with E-state index in [1.54, 1.807) is 0 Å². The van der Waals surface area contributed by atoms with Gasteiger partial charge in [0.15, 0.2) is 0 Å². The molecule has 0 radical (unpaired) electrons. The Bertz CT molecular complexity index is 1080. The van der Waals surface area contributed by atoms with Crippen LogP contribution in [0.3, 0.4) is 0 Å². The van der Waals surface area contributed by atoms with Gasteiger partial charge in [-0.3, -0.25) is 38.4 Å². The van der Waals surface area contributed by atoms with Crippen LogP contribution in [0.4, 0.5) is 0 Å². The van der Waals surface area contributed by atoms with Crippen molar-refractivity contribution in [3.63, 3.8) is 0 Å². The maximum absolute atomic E-state index is 12.9. The maximum atomic E-state index is 12.9. The summed E-state index contributed by atoms with van der Waals surface area (Å²) in [4.78, 5) is 98.6. The minimum Gasteiger partial charge on any atom is -0.481 e. The highest BCUT2D eigenvalue weighted by Crippen LogP contribution is 2.19. The minimum atomic E-state index is -1.67. The number of amides is 6. The van der Waals surface area contributed by atoms with Gasteiger partial charge in [0, 0.05) is 19.9 Å². The number of carboxylic acid groups (broad SMARTS) is 2. The highest BCUT2D eigenvalue weighted by molar-refractivity contribution is 5.97. The van der Waals surface area contributed by atoms with E-state index in [1.165, 1.54) is 11.8 Å². The van der Waals surface area contributed by atoms with Crippen LogP contribution in [0.25, 0.3) is 0 Å². The molecule has 0 spiro atoms. The molecule has 1 aliphatic heterocycles. The summed E-state index contributed by atoms with van der Waals surface area (Å²) in [5.74, 6) is -7.65. The van der Waals surface area contributed by atoms with E-state index in [1.807, 2.05) is 0 Å². The lowest BCUT2D eigenvalue weighted by atomic mass is 10.1. The van der Waals surface area contributed by atoms with Crippen molar-refractivity contribution in [3.05, 3.63) is 0 Å². The van der Waals surface area contributed by atoms with E-state index >= 15 is 0 Å². The molecule has 18 heteroatoms. The first kappa shape index (κ1) is 36.7. The fourth-order valence-electron chi connectivity index (χ4n) is 4.17. The van der Waals surface area contributed by atoms with Crippen LogP contribution in [0.15, 0.2) is 0 Å². The Hall–Kier alpha value is -4.32. The molecule has 6 amide bonds. The van der Waals surface area contributed by atoms with Gasteiger partial charge in [-0.05, 0) is 40.0 Å². The van der Waals surface area contributed by atoms with E-state index in [4.69, 9.17) is 10.2 Å². The molecule has 0 aromatic heterocycles. The third-order valence-electron chi connectivity index (χ3n) is 6.52. The zero-order valence-corrected chi connectivity index (χ0v) is 24.3. The maximum Gasteiger partial charge on any atom is 0.325 e. The van der Waals surface area contributed by atoms with Crippen LogP contribution in [0.2, 0.25) is 0 Å². The van der Waals surface area contributed by atoms with Crippen LogP contribution in [0, 0.1) is 0 Å². The van der Waals surface area contributed by atoms with Crippen molar-refractivity contribution in [2.45, 2.75) is 95.7 Å². The zero-order chi connectivity index (χ0) is 33.0. The molecule has 43 heavy (non-hydrogen) atoms. The van der Waals surface area contributed by atoms with Gasteiger partial charge in [0.1, 0.15) is 36.3 Å². The van der Waals surface area contributed by atoms with Gasteiger partial charge < -0.3 is 51.9 Å². The number of hydrogen-bond acceptors (Lipinski definition) is 10. The zero-order valence-electron chi connectivity index (χ0n) is 24.3. The Morgan fingerprint density at radius 2 is 1.44 bits per heavy atom. The molecule has 0 unspecified atom stereocenters. The number of nitrogens with zero attached hydrogens (tertiary/aromatic N) is 1. The molecule has 1 aliphatic rings. The topological polar surface area (TPSA) is 281 Å². The van der Waals surface area contributed by atoms with E-state index in [9.17, 15) is 48.6 Å². The Kier molecular flexibility index (Phi) is 14.5. The van der Waals surface area contributed by atoms with E-state index in [-0.39, 0.29) is 13.0 Å². The molecule has 9 N–H and O–H groups in total. The third-order valence-corrected chi connectivity index (χ3v) is 6.52. The smallest absolute Gasteiger partial charge is 0.325 e. The number of aliphatic hydroxyl groups is 2. The van der Waals surface area contributed by atoms with Crippen molar-refractivity contribution in [1.29, 1.82) is 0 Å². The Morgan fingerprint density at radius 3 is 1.95 bits per heavy atom. The first-order valence-electron chi connectivity index (χ1n) is 13.5. The van der Waals surface area contributed by atoms with Crippen LogP contribution < -0.4 is 26.6 Å². The molecule has 18 nitrogen and oxygen atoms in total. The summed E-state index contributed by atoms with van der Waals surface area (Å²) < 4.78 is 0. The number of aliphatic carboxylic acids is 2. The van der Waals surface area contributed by atoms with E-state index in [2.05, 4.69) is 26.6 Å². The Morgan fingerprint density at radius 1 is 0.814 bits per heavy atom. The van der Waals surface area contributed by atoms with E-state index in [0.29, 0.717) is 6.42 Å². The second kappa shape index (κ2) is 17.0.